The van der Waals surface area contributed by atoms with Gasteiger partial charge in [-0.3, -0.25) is 4.79 Å². The molecule has 112 valence electrons. The predicted molar refractivity (Wildman–Crippen MR) is 79.6 cm³/mol. The fourth-order valence-electron chi connectivity index (χ4n) is 2.08. The first-order valence-electron chi connectivity index (χ1n) is 6.68. The average Bonchev–Trinajstić information content (AvgIpc) is 2.99. The molecule has 0 bridgehead atoms. The number of furan rings is 1. The van der Waals surface area contributed by atoms with Gasteiger partial charge in [-0.2, -0.15) is 0 Å². The van der Waals surface area contributed by atoms with Crippen LogP contribution < -0.4 is 4.90 Å². The summed E-state index contributed by atoms with van der Waals surface area (Å²) >= 11 is 0. The summed E-state index contributed by atoms with van der Waals surface area (Å²) in [5.74, 6) is -0.00617. The third kappa shape index (κ3) is 3.00. The van der Waals surface area contributed by atoms with Gasteiger partial charge in [-0.15, -0.1) is 0 Å². The molecule has 0 aliphatic heterocycles. The molecule has 1 aromatic heterocycles. The van der Waals surface area contributed by atoms with Gasteiger partial charge < -0.3 is 9.32 Å². The number of hydrogen-bond donors (Lipinski definition) is 0. The first-order valence-corrected chi connectivity index (χ1v) is 8.16. The molecule has 0 saturated carbocycles. The lowest BCUT2D eigenvalue weighted by molar-refractivity contribution is 0.109. The van der Waals surface area contributed by atoms with Gasteiger partial charge in [0.1, 0.15) is 0 Å². The number of anilines is 1. The second kappa shape index (κ2) is 6.13. The molecule has 0 saturated heterocycles. The maximum Gasteiger partial charge on any atom is 0.239 e. The molecule has 5 nitrogen and oxygen atoms in total. The van der Waals surface area contributed by atoms with Crippen molar-refractivity contribution in [2.24, 2.45) is 0 Å². The first kappa shape index (κ1) is 15.3. The third-order valence-electron chi connectivity index (χ3n) is 3.26. The van der Waals surface area contributed by atoms with E-state index in [0.29, 0.717) is 6.29 Å². The zero-order valence-corrected chi connectivity index (χ0v) is 12.8. The number of benzene rings is 1. The van der Waals surface area contributed by atoms with Crippen molar-refractivity contribution in [3.05, 3.63) is 42.2 Å². The van der Waals surface area contributed by atoms with Crippen molar-refractivity contribution >= 4 is 21.8 Å². The van der Waals surface area contributed by atoms with E-state index in [9.17, 15) is 13.2 Å². The molecule has 6 heteroatoms. The Bertz CT molecular complexity index is 712. The van der Waals surface area contributed by atoms with Crippen molar-refractivity contribution in [1.82, 2.24) is 0 Å². The van der Waals surface area contributed by atoms with Gasteiger partial charge in [-0.1, -0.05) is 0 Å². The number of nitrogens with zero attached hydrogens (tertiary/aromatic N) is 1. The lowest BCUT2D eigenvalue weighted by Gasteiger charge is -2.20. The van der Waals surface area contributed by atoms with E-state index >= 15 is 0 Å². The first-order chi connectivity index (χ1) is 10.0. The molecule has 0 radical (unpaired) electrons. The number of rotatable bonds is 6. The quantitative estimate of drug-likeness (QED) is 0.768. The fraction of sp³-hybridized carbons (Fsp3) is 0.267. The lowest BCUT2D eigenvalue weighted by atomic mass is 10.3. The molecular weight excluding hydrogens is 290 g/mol. The van der Waals surface area contributed by atoms with Gasteiger partial charge >= 0.3 is 0 Å². The molecule has 0 atom stereocenters. The van der Waals surface area contributed by atoms with Crippen LogP contribution in [-0.2, 0) is 9.84 Å². The third-order valence-corrected chi connectivity index (χ3v) is 4.90. The molecule has 0 fully saturated rings. The molecule has 0 aliphatic carbocycles. The molecule has 0 unspecified atom stereocenters. The van der Waals surface area contributed by atoms with Crippen LogP contribution in [-0.4, -0.2) is 27.8 Å². The van der Waals surface area contributed by atoms with Crippen molar-refractivity contribution in [2.75, 3.05) is 18.0 Å². The van der Waals surface area contributed by atoms with Crippen molar-refractivity contribution in [2.45, 2.75) is 23.8 Å². The summed E-state index contributed by atoms with van der Waals surface area (Å²) in [5, 5.41) is -0.222. The molecule has 1 aromatic carbocycles. The van der Waals surface area contributed by atoms with Gasteiger partial charge in [0.25, 0.3) is 0 Å². The van der Waals surface area contributed by atoms with Gasteiger partial charge in [0.15, 0.2) is 12.0 Å². The Morgan fingerprint density at radius 1 is 1.05 bits per heavy atom. The van der Waals surface area contributed by atoms with Gasteiger partial charge in [-0.05, 0) is 50.2 Å². The number of sulfone groups is 1. The highest BCUT2D eigenvalue weighted by molar-refractivity contribution is 7.91. The van der Waals surface area contributed by atoms with E-state index < -0.39 is 9.84 Å². The number of carbonyl (C=O) groups is 1. The van der Waals surface area contributed by atoms with Crippen LogP contribution in [0, 0.1) is 0 Å². The normalized spacial score (nSPS) is 11.3. The maximum absolute atomic E-state index is 12.4. The molecule has 1 heterocycles. The SMILES string of the molecule is CCN(CC)c1ccc(S(=O)(=O)c2ccc(C=O)o2)cc1. The zero-order chi connectivity index (χ0) is 15.5. The number of aldehydes is 1. The number of carbonyl (C=O) groups excluding carboxylic acids is 1. The Balaban J connectivity index is 2.35. The molecule has 0 spiro atoms. The molecule has 0 aliphatic rings. The van der Waals surface area contributed by atoms with E-state index in [1.165, 1.54) is 12.1 Å². The van der Waals surface area contributed by atoms with Crippen LogP contribution in [0.25, 0.3) is 0 Å². The van der Waals surface area contributed by atoms with Crippen LogP contribution >= 0.6 is 0 Å². The van der Waals surface area contributed by atoms with E-state index in [1.54, 1.807) is 24.3 Å². The Morgan fingerprint density at radius 2 is 1.67 bits per heavy atom. The van der Waals surface area contributed by atoms with Crippen LogP contribution in [0.2, 0.25) is 0 Å². The summed E-state index contributed by atoms with van der Waals surface area (Å²) < 4.78 is 29.7. The standard InChI is InChI=1S/C15H17NO4S/c1-3-16(4-2)12-5-8-14(9-6-12)21(18,19)15-10-7-13(11-17)20-15/h5-11H,3-4H2,1-2H3. The van der Waals surface area contributed by atoms with E-state index in [2.05, 4.69) is 4.90 Å². The average molecular weight is 307 g/mol. The van der Waals surface area contributed by atoms with Crippen molar-refractivity contribution in [3.8, 4) is 0 Å². The van der Waals surface area contributed by atoms with Crippen LogP contribution in [0.15, 0.2) is 50.8 Å². The Kier molecular flexibility index (Phi) is 4.47. The van der Waals surface area contributed by atoms with Gasteiger partial charge in [-0.25, -0.2) is 8.42 Å². The smallest absolute Gasteiger partial charge is 0.239 e. The van der Waals surface area contributed by atoms with Crippen LogP contribution in [0.1, 0.15) is 24.4 Å². The van der Waals surface area contributed by atoms with E-state index in [1.807, 2.05) is 13.8 Å². The summed E-state index contributed by atoms with van der Waals surface area (Å²) in [6, 6.07) is 9.26. The topological polar surface area (TPSA) is 67.6 Å². The Morgan fingerprint density at radius 3 is 2.14 bits per heavy atom. The number of hydrogen-bond acceptors (Lipinski definition) is 5. The minimum atomic E-state index is -3.73. The molecule has 0 amide bonds. The van der Waals surface area contributed by atoms with Crippen molar-refractivity contribution < 1.29 is 17.6 Å². The largest absolute Gasteiger partial charge is 0.442 e. The highest BCUT2D eigenvalue weighted by Crippen LogP contribution is 2.24. The summed E-state index contributed by atoms with van der Waals surface area (Å²) in [7, 11) is -3.73. The molecule has 0 N–H and O–H groups in total. The highest BCUT2D eigenvalue weighted by Gasteiger charge is 2.21. The van der Waals surface area contributed by atoms with E-state index in [4.69, 9.17) is 4.42 Å². The van der Waals surface area contributed by atoms with Crippen molar-refractivity contribution in [3.63, 3.8) is 0 Å². The summed E-state index contributed by atoms with van der Waals surface area (Å²) in [6.07, 6.45) is 0.475. The highest BCUT2D eigenvalue weighted by atomic mass is 32.2. The fourth-order valence-corrected chi connectivity index (χ4v) is 3.26. The van der Waals surface area contributed by atoms with E-state index in [-0.39, 0.29) is 15.7 Å². The van der Waals surface area contributed by atoms with Crippen LogP contribution in [0.3, 0.4) is 0 Å². The zero-order valence-electron chi connectivity index (χ0n) is 11.9. The van der Waals surface area contributed by atoms with Gasteiger partial charge in [0, 0.05) is 18.8 Å². The summed E-state index contributed by atoms with van der Waals surface area (Å²) in [5.41, 5.74) is 0.965. The monoisotopic (exact) mass is 307 g/mol. The minimum absolute atomic E-state index is 0.00617. The van der Waals surface area contributed by atoms with Crippen LogP contribution in [0.5, 0.6) is 0 Å². The predicted octanol–water partition coefficient (Wildman–Crippen LogP) is 2.77. The maximum atomic E-state index is 12.4. The van der Waals surface area contributed by atoms with E-state index in [0.717, 1.165) is 18.8 Å². The lowest BCUT2D eigenvalue weighted by Crippen LogP contribution is -2.21. The second-order valence-corrected chi connectivity index (χ2v) is 6.32. The summed E-state index contributed by atoms with van der Waals surface area (Å²) in [4.78, 5) is 12.8. The Hall–Kier alpha value is -2.08. The summed E-state index contributed by atoms with van der Waals surface area (Å²) in [6.45, 7) is 5.78. The van der Waals surface area contributed by atoms with Gasteiger partial charge in [0.2, 0.25) is 14.9 Å². The molecule has 2 rings (SSSR count). The van der Waals surface area contributed by atoms with Crippen LogP contribution in [0.4, 0.5) is 5.69 Å². The molecule has 2 aromatic rings. The molecular formula is C15H17NO4S. The Labute approximate surface area is 124 Å². The minimum Gasteiger partial charge on any atom is -0.442 e. The van der Waals surface area contributed by atoms with Crippen molar-refractivity contribution in [1.29, 1.82) is 0 Å². The molecule has 21 heavy (non-hydrogen) atoms. The van der Waals surface area contributed by atoms with Gasteiger partial charge in [0.05, 0.1) is 4.90 Å². The second-order valence-electron chi connectivity index (χ2n) is 4.44.